The van der Waals surface area contributed by atoms with Crippen LogP contribution in [0, 0.1) is 13.8 Å². The third kappa shape index (κ3) is 2.06. The van der Waals surface area contributed by atoms with Crippen molar-refractivity contribution in [1.29, 1.82) is 0 Å². The van der Waals surface area contributed by atoms with E-state index in [2.05, 4.69) is 42.0 Å². The lowest BCUT2D eigenvalue weighted by Crippen LogP contribution is -1.89. The number of halogens is 2. The van der Waals surface area contributed by atoms with Crippen molar-refractivity contribution in [1.82, 2.24) is 10.1 Å². The Hall–Kier alpha value is -0.680. The van der Waals surface area contributed by atoms with Gasteiger partial charge in [0.15, 0.2) is 5.76 Å². The fourth-order valence-electron chi connectivity index (χ4n) is 1.42. The van der Waals surface area contributed by atoms with Crippen molar-refractivity contribution in [2.45, 2.75) is 19.2 Å². The Labute approximate surface area is 111 Å². The summed E-state index contributed by atoms with van der Waals surface area (Å²) in [6.07, 6.45) is 0. The summed E-state index contributed by atoms with van der Waals surface area (Å²) in [5.41, 5.74) is 3.70. The van der Waals surface area contributed by atoms with Crippen LogP contribution in [0.15, 0.2) is 21.1 Å². The normalized spacial score (nSPS) is 10.8. The van der Waals surface area contributed by atoms with Crippen LogP contribution in [-0.4, -0.2) is 10.1 Å². The molecule has 16 heavy (non-hydrogen) atoms. The third-order valence-electron chi connectivity index (χ3n) is 2.37. The molecule has 2 rings (SSSR count). The van der Waals surface area contributed by atoms with Crippen molar-refractivity contribution in [3.63, 3.8) is 0 Å². The first-order valence-electron chi connectivity index (χ1n) is 4.78. The summed E-state index contributed by atoms with van der Waals surface area (Å²) in [5, 5.41) is 4.68. The van der Waals surface area contributed by atoms with Crippen molar-refractivity contribution >= 4 is 31.9 Å². The second kappa shape index (κ2) is 4.67. The van der Waals surface area contributed by atoms with E-state index >= 15 is 0 Å². The molecule has 2 aromatic heterocycles. The lowest BCUT2D eigenvalue weighted by atomic mass is 10.1. The summed E-state index contributed by atoms with van der Waals surface area (Å²) in [6.45, 7) is 3.87. The Kier molecular flexibility index (Phi) is 3.44. The molecule has 2 aromatic rings. The second-order valence-electron chi connectivity index (χ2n) is 3.47. The lowest BCUT2D eigenvalue weighted by molar-refractivity contribution is 0.425. The molecule has 0 aliphatic carbocycles. The maximum absolute atomic E-state index is 5.31. The molecule has 3 nitrogen and oxygen atoms in total. The number of alkyl halides is 1. The molecular weight excluding hydrogens is 336 g/mol. The molecule has 0 saturated carbocycles. The van der Waals surface area contributed by atoms with Gasteiger partial charge in [0.1, 0.15) is 5.69 Å². The Bertz CT molecular complexity index is 523. The SMILES string of the molecule is Cc1nc(-c2onc(C)c2CBr)ccc1Br. The highest BCUT2D eigenvalue weighted by Crippen LogP contribution is 2.28. The first-order valence-corrected chi connectivity index (χ1v) is 6.69. The predicted octanol–water partition coefficient (Wildman–Crippen LogP) is 4.01. The van der Waals surface area contributed by atoms with E-state index in [1.165, 1.54) is 0 Å². The Balaban J connectivity index is 2.54. The van der Waals surface area contributed by atoms with E-state index < -0.39 is 0 Å². The summed E-state index contributed by atoms with van der Waals surface area (Å²) in [4.78, 5) is 4.46. The zero-order valence-corrected chi connectivity index (χ0v) is 12.1. The Morgan fingerprint density at radius 1 is 1.25 bits per heavy atom. The maximum atomic E-state index is 5.31. The summed E-state index contributed by atoms with van der Waals surface area (Å²) < 4.78 is 6.30. The molecule has 0 saturated heterocycles. The minimum absolute atomic E-state index is 0.717. The topological polar surface area (TPSA) is 38.9 Å². The van der Waals surface area contributed by atoms with Gasteiger partial charge in [-0.25, -0.2) is 4.98 Å². The van der Waals surface area contributed by atoms with Crippen molar-refractivity contribution in [3.8, 4) is 11.5 Å². The molecule has 0 fully saturated rings. The van der Waals surface area contributed by atoms with E-state index in [0.29, 0.717) is 5.33 Å². The molecule has 0 radical (unpaired) electrons. The van der Waals surface area contributed by atoms with Crippen LogP contribution in [0.4, 0.5) is 0 Å². The van der Waals surface area contributed by atoms with Crippen molar-refractivity contribution in [2.24, 2.45) is 0 Å². The van der Waals surface area contributed by atoms with Gasteiger partial charge in [-0.2, -0.15) is 0 Å². The molecule has 5 heteroatoms. The van der Waals surface area contributed by atoms with Gasteiger partial charge < -0.3 is 4.52 Å². The van der Waals surface area contributed by atoms with Crippen LogP contribution in [0.1, 0.15) is 17.0 Å². The third-order valence-corrected chi connectivity index (χ3v) is 3.77. The molecule has 0 atom stereocenters. The molecule has 0 aromatic carbocycles. The second-order valence-corrected chi connectivity index (χ2v) is 4.89. The number of aryl methyl sites for hydroxylation is 2. The fraction of sp³-hybridized carbons (Fsp3) is 0.273. The molecule has 0 aliphatic rings. The minimum atomic E-state index is 0.717. The Morgan fingerprint density at radius 3 is 2.62 bits per heavy atom. The standard InChI is InChI=1S/C11H10Br2N2O/c1-6-8(5-12)11(16-15-6)10-4-3-9(13)7(2)14-10/h3-4H,5H2,1-2H3. The summed E-state index contributed by atoms with van der Waals surface area (Å²) in [7, 11) is 0. The number of hydrogen-bond donors (Lipinski definition) is 0. The van der Waals surface area contributed by atoms with Crippen LogP contribution in [0.5, 0.6) is 0 Å². The van der Waals surface area contributed by atoms with Gasteiger partial charge in [0.25, 0.3) is 0 Å². The van der Waals surface area contributed by atoms with Crippen LogP contribution < -0.4 is 0 Å². The molecule has 0 spiro atoms. The van der Waals surface area contributed by atoms with Crippen molar-refractivity contribution in [3.05, 3.63) is 33.6 Å². The van der Waals surface area contributed by atoms with Gasteiger partial charge in [0.2, 0.25) is 0 Å². The maximum Gasteiger partial charge on any atom is 0.189 e. The van der Waals surface area contributed by atoms with E-state index in [-0.39, 0.29) is 0 Å². The summed E-state index contributed by atoms with van der Waals surface area (Å²) >= 11 is 6.86. The van der Waals surface area contributed by atoms with Gasteiger partial charge in [-0.05, 0) is 41.9 Å². The molecular formula is C11H10Br2N2O. The highest BCUT2D eigenvalue weighted by molar-refractivity contribution is 9.10. The van der Waals surface area contributed by atoms with Crippen LogP contribution in [-0.2, 0) is 5.33 Å². The van der Waals surface area contributed by atoms with E-state index in [9.17, 15) is 0 Å². The number of nitrogens with zero attached hydrogens (tertiary/aromatic N) is 2. The first-order chi connectivity index (χ1) is 7.63. The summed E-state index contributed by atoms with van der Waals surface area (Å²) in [5.74, 6) is 0.741. The fourth-order valence-corrected chi connectivity index (χ4v) is 2.30. The molecule has 0 amide bonds. The molecule has 0 unspecified atom stereocenters. The average Bonchev–Trinajstić information content (AvgIpc) is 2.63. The van der Waals surface area contributed by atoms with E-state index in [4.69, 9.17) is 4.52 Å². The van der Waals surface area contributed by atoms with E-state index in [0.717, 1.165) is 32.9 Å². The van der Waals surface area contributed by atoms with Gasteiger partial charge in [-0.1, -0.05) is 21.1 Å². The van der Waals surface area contributed by atoms with Crippen molar-refractivity contribution in [2.75, 3.05) is 0 Å². The molecule has 0 aliphatic heterocycles. The number of rotatable bonds is 2. The molecule has 0 bridgehead atoms. The lowest BCUT2D eigenvalue weighted by Gasteiger charge is -2.01. The van der Waals surface area contributed by atoms with Gasteiger partial charge in [-0.15, -0.1) is 0 Å². The quantitative estimate of drug-likeness (QED) is 0.772. The largest absolute Gasteiger partial charge is 0.354 e. The first kappa shape index (κ1) is 11.8. The van der Waals surface area contributed by atoms with Crippen LogP contribution in [0.25, 0.3) is 11.5 Å². The smallest absolute Gasteiger partial charge is 0.189 e. The highest BCUT2D eigenvalue weighted by atomic mass is 79.9. The summed E-state index contributed by atoms with van der Waals surface area (Å²) in [6, 6.07) is 3.89. The van der Waals surface area contributed by atoms with Crippen molar-refractivity contribution < 1.29 is 4.52 Å². The Morgan fingerprint density at radius 2 is 2.00 bits per heavy atom. The van der Waals surface area contributed by atoms with Crippen LogP contribution in [0.3, 0.4) is 0 Å². The molecule has 84 valence electrons. The van der Waals surface area contributed by atoms with Gasteiger partial charge >= 0.3 is 0 Å². The van der Waals surface area contributed by atoms with Gasteiger partial charge in [-0.3, -0.25) is 0 Å². The van der Waals surface area contributed by atoms with E-state index in [1.807, 2.05) is 26.0 Å². The zero-order valence-electron chi connectivity index (χ0n) is 8.92. The minimum Gasteiger partial charge on any atom is -0.354 e. The van der Waals surface area contributed by atoms with Crippen LogP contribution in [0.2, 0.25) is 0 Å². The van der Waals surface area contributed by atoms with Crippen LogP contribution >= 0.6 is 31.9 Å². The monoisotopic (exact) mass is 344 g/mol. The van der Waals surface area contributed by atoms with Gasteiger partial charge in [0.05, 0.1) is 11.4 Å². The zero-order chi connectivity index (χ0) is 11.7. The number of aromatic nitrogens is 2. The predicted molar refractivity (Wildman–Crippen MR) is 69.5 cm³/mol. The highest BCUT2D eigenvalue weighted by Gasteiger charge is 2.15. The van der Waals surface area contributed by atoms with Gasteiger partial charge in [0, 0.05) is 15.4 Å². The number of hydrogen-bond acceptors (Lipinski definition) is 3. The molecule has 0 N–H and O–H groups in total. The van der Waals surface area contributed by atoms with E-state index in [1.54, 1.807) is 0 Å². The average molecular weight is 346 g/mol. The molecule has 2 heterocycles. The number of pyridine rings is 1.